The molecule has 122 valence electrons. The first-order chi connectivity index (χ1) is 10.9. The van der Waals surface area contributed by atoms with Crippen LogP contribution in [0.15, 0.2) is 47.1 Å². The number of benzene rings is 1. The fourth-order valence-corrected chi connectivity index (χ4v) is 1.87. The van der Waals surface area contributed by atoms with Gasteiger partial charge in [0.05, 0.1) is 19.9 Å². The molecule has 1 heterocycles. The molecule has 0 bridgehead atoms. The number of hydrogen-bond donors (Lipinski definition) is 2. The third-order valence-electron chi connectivity index (χ3n) is 3.49. The van der Waals surface area contributed by atoms with Crippen LogP contribution in [-0.4, -0.2) is 18.9 Å². The van der Waals surface area contributed by atoms with E-state index in [4.69, 9.17) is 9.15 Å². The normalized spacial score (nSPS) is 10.9. The van der Waals surface area contributed by atoms with E-state index in [1.165, 1.54) is 6.26 Å². The Morgan fingerprint density at radius 3 is 2.39 bits per heavy atom. The van der Waals surface area contributed by atoms with E-state index in [0.717, 1.165) is 0 Å². The van der Waals surface area contributed by atoms with Gasteiger partial charge in [-0.3, -0.25) is 9.59 Å². The van der Waals surface area contributed by atoms with Gasteiger partial charge >= 0.3 is 0 Å². The molecule has 0 spiro atoms. The van der Waals surface area contributed by atoms with Gasteiger partial charge < -0.3 is 19.8 Å². The molecule has 0 aliphatic rings. The summed E-state index contributed by atoms with van der Waals surface area (Å²) < 4.78 is 10.2. The summed E-state index contributed by atoms with van der Waals surface area (Å²) in [5.74, 6) is 0.558. The van der Waals surface area contributed by atoms with Crippen molar-refractivity contribution in [2.45, 2.75) is 20.4 Å². The molecule has 1 aromatic carbocycles. The molecule has 23 heavy (non-hydrogen) atoms. The molecular weight excluding hydrogens is 296 g/mol. The molecular formula is C17H20N2O4. The molecule has 0 unspecified atom stereocenters. The topological polar surface area (TPSA) is 80.6 Å². The standard InChI is InChI=1S/C17H20N2O4/c1-17(2,15(20)18-11-14-5-4-10-23-14)16(21)19-12-6-8-13(22-3)9-7-12/h4-10H,11H2,1-3H3,(H,18,20)(H,19,21). The Labute approximate surface area is 134 Å². The molecule has 0 fully saturated rings. The fraction of sp³-hybridized carbons (Fsp3) is 0.294. The molecule has 0 atom stereocenters. The van der Waals surface area contributed by atoms with Gasteiger partial charge in [0, 0.05) is 5.69 Å². The van der Waals surface area contributed by atoms with E-state index in [9.17, 15) is 9.59 Å². The lowest BCUT2D eigenvalue weighted by atomic mass is 9.91. The van der Waals surface area contributed by atoms with Crippen LogP contribution in [0.1, 0.15) is 19.6 Å². The Morgan fingerprint density at radius 1 is 1.13 bits per heavy atom. The number of carbonyl (C=O) groups excluding carboxylic acids is 2. The number of carbonyl (C=O) groups is 2. The molecule has 2 amide bonds. The van der Waals surface area contributed by atoms with Gasteiger partial charge in [0.2, 0.25) is 11.8 Å². The zero-order valence-electron chi connectivity index (χ0n) is 13.4. The van der Waals surface area contributed by atoms with Crippen molar-refractivity contribution in [3.05, 3.63) is 48.4 Å². The Bertz CT molecular complexity index is 660. The van der Waals surface area contributed by atoms with Crippen molar-refractivity contribution in [2.24, 2.45) is 5.41 Å². The SMILES string of the molecule is COc1ccc(NC(=O)C(C)(C)C(=O)NCc2ccco2)cc1. The summed E-state index contributed by atoms with van der Waals surface area (Å²) in [6.07, 6.45) is 1.53. The summed E-state index contributed by atoms with van der Waals surface area (Å²) in [4.78, 5) is 24.6. The summed E-state index contributed by atoms with van der Waals surface area (Å²) in [7, 11) is 1.57. The maximum Gasteiger partial charge on any atom is 0.239 e. The first-order valence-electron chi connectivity index (χ1n) is 7.19. The number of anilines is 1. The van der Waals surface area contributed by atoms with E-state index in [2.05, 4.69) is 10.6 Å². The lowest BCUT2D eigenvalue weighted by molar-refractivity contribution is -0.138. The van der Waals surface area contributed by atoms with Gasteiger partial charge in [-0.25, -0.2) is 0 Å². The fourth-order valence-electron chi connectivity index (χ4n) is 1.87. The average molecular weight is 316 g/mol. The van der Waals surface area contributed by atoms with Crippen molar-refractivity contribution >= 4 is 17.5 Å². The Kier molecular flexibility index (Phi) is 5.05. The zero-order chi connectivity index (χ0) is 16.9. The van der Waals surface area contributed by atoms with Crippen LogP contribution in [0, 0.1) is 5.41 Å². The van der Waals surface area contributed by atoms with E-state index in [-0.39, 0.29) is 18.4 Å². The predicted octanol–water partition coefficient (Wildman–Crippen LogP) is 2.57. The maximum absolute atomic E-state index is 12.4. The third-order valence-corrected chi connectivity index (χ3v) is 3.49. The van der Waals surface area contributed by atoms with Gasteiger partial charge in [-0.15, -0.1) is 0 Å². The number of amides is 2. The molecule has 2 N–H and O–H groups in total. The second kappa shape index (κ2) is 7.00. The molecule has 0 saturated carbocycles. The second-order valence-corrected chi connectivity index (χ2v) is 5.57. The smallest absolute Gasteiger partial charge is 0.239 e. The van der Waals surface area contributed by atoms with Crippen molar-refractivity contribution in [2.75, 3.05) is 12.4 Å². The first kappa shape index (κ1) is 16.6. The minimum absolute atomic E-state index is 0.241. The number of methoxy groups -OCH3 is 1. The quantitative estimate of drug-likeness (QED) is 0.803. The van der Waals surface area contributed by atoms with Crippen molar-refractivity contribution in [3.63, 3.8) is 0 Å². The van der Waals surface area contributed by atoms with Crippen LogP contribution in [0.25, 0.3) is 0 Å². The summed E-state index contributed by atoms with van der Waals surface area (Å²) in [6, 6.07) is 10.4. The number of nitrogens with one attached hydrogen (secondary N) is 2. The van der Waals surface area contributed by atoms with E-state index in [1.54, 1.807) is 57.4 Å². The van der Waals surface area contributed by atoms with E-state index < -0.39 is 5.41 Å². The highest BCUT2D eigenvalue weighted by atomic mass is 16.5. The second-order valence-electron chi connectivity index (χ2n) is 5.57. The van der Waals surface area contributed by atoms with Crippen molar-refractivity contribution in [3.8, 4) is 5.75 Å². The van der Waals surface area contributed by atoms with Crippen LogP contribution in [-0.2, 0) is 16.1 Å². The minimum atomic E-state index is -1.22. The van der Waals surface area contributed by atoms with Crippen LogP contribution in [0.4, 0.5) is 5.69 Å². The van der Waals surface area contributed by atoms with Gasteiger partial charge in [0.1, 0.15) is 16.9 Å². The minimum Gasteiger partial charge on any atom is -0.497 e. The molecule has 0 aliphatic heterocycles. The van der Waals surface area contributed by atoms with Gasteiger partial charge in [-0.05, 0) is 50.2 Å². The molecule has 2 rings (SSSR count). The number of furan rings is 1. The molecule has 0 saturated heterocycles. The third kappa shape index (κ3) is 4.12. The first-order valence-corrected chi connectivity index (χ1v) is 7.19. The Balaban J connectivity index is 1.96. The van der Waals surface area contributed by atoms with E-state index in [1.807, 2.05) is 0 Å². The molecule has 2 aromatic rings. The summed E-state index contributed by atoms with van der Waals surface area (Å²) >= 11 is 0. The van der Waals surface area contributed by atoms with Gasteiger partial charge in [0.25, 0.3) is 0 Å². The lowest BCUT2D eigenvalue weighted by Crippen LogP contribution is -2.44. The average Bonchev–Trinajstić information content (AvgIpc) is 3.06. The molecule has 6 nitrogen and oxygen atoms in total. The van der Waals surface area contributed by atoms with Gasteiger partial charge in [0.15, 0.2) is 0 Å². The lowest BCUT2D eigenvalue weighted by Gasteiger charge is -2.22. The summed E-state index contributed by atoms with van der Waals surface area (Å²) in [5, 5.41) is 5.43. The monoisotopic (exact) mass is 316 g/mol. The summed E-state index contributed by atoms with van der Waals surface area (Å²) in [6.45, 7) is 3.39. The van der Waals surface area contributed by atoms with Crippen LogP contribution in [0.5, 0.6) is 5.75 Å². The number of rotatable bonds is 6. The maximum atomic E-state index is 12.4. The molecule has 0 aliphatic carbocycles. The van der Waals surface area contributed by atoms with Crippen LogP contribution in [0.3, 0.4) is 0 Å². The largest absolute Gasteiger partial charge is 0.497 e. The van der Waals surface area contributed by atoms with Crippen molar-refractivity contribution < 1.29 is 18.7 Å². The predicted molar refractivity (Wildman–Crippen MR) is 86.0 cm³/mol. The van der Waals surface area contributed by atoms with E-state index >= 15 is 0 Å². The highest BCUT2D eigenvalue weighted by Gasteiger charge is 2.36. The number of hydrogen-bond acceptors (Lipinski definition) is 4. The van der Waals surface area contributed by atoms with Crippen LogP contribution >= 0.6 is 0 Å². The van der Waals surface area contributed by atoms with Gasteiger partial charge in [-0.2, -0.15) is 0 Å². The molecule has 1 aromatic heterocycles. The highest BCUT2D eigenvalue weighted by molar-refractivity contribution is 6.09. The van der Waals surface area contributed by atoms with Crippen LogP contribution in [0.2, 0.25) is 0 Å². The Hall–Kier alpha value is -2.76. The number of ether oxygens (including phenoxy) is 1. The molecule has 6 heteroatoms. The van der Waals surface area contributed by atoms with Crippen molar-refractivity contribution in [1.29, 1.82) is 0 Å². The summed E-state index contributed by atoms with van der Waals surface area (Å²) in [5.41, 5.74) is -0.616. The van der Waals surface area contributed by atoms with Crippen LogP contribution < -0.4 is 15.4 Å². The van der Waals surface area contributed by atoms with Gasteiger partial charge in [-0.1, -0.05) is 0 Å². The van der Waals surface area contributed by atoms with E-state index in [0.29, 0.717) is 17.2 Å². The van der Waals surface area contributed by atoms with Crippen molar-refractivity contribution in [1.82, 2.24) is 5.32 Å². The molecule has 0 radical (unpaired) electrons. The highest BCUT2D eigenvalue weighted by Crippen LogP contribution is 2.21. The Morgan fingerprint density at radius 2 is 1.83 bits per heavy atom. The zero-order valence-corrected chi connectivity index (χ0v) is 13.4.